The number of aryl methyl sites for hydroxylation is 1. The maximum absolute atomic E-state index is 12.7. The summed E-state index contributed by atoms with van der Waals surface area (Å²) in [6, 6.07) is 3.29. The van der Waals surface area contributed by atoms with Gasteiger partial charge in [-0.1, -0.05) is 18.9 Å². The minimum atomic E-state index is -4.43. The van der Waals surface area contributed by atoms with Crippen LogP contribution in [0.1, 0.15) is 36.8 Å². The van der Waals surface area contributed by atoms with Gasteiger partial charge in [0, 0.05) is 5.69 Å². The number of benzene rings is 1. The third-order valence-electron chi connectivity index (χ3n) is 3.76. The Labute approximate surface area is 127 Å². The average molecular weight is 323 g/mol. The molecule has 2 rings (SSSR count). The van der Waals surface area contributed by atoms with Gasteiger partial charge in [0.2, 0.25) is 5.91 Å². The van der Waals surface area contributed by atoms with Crippen LogP contribution in [0.5, 0.6) is 0 Å². The molecule has 0 unspecified atom stereocenters. The molecule has 0 atom stereocenters. The van der Waals surface area contributed by atoms with Crippen molar-refractivity contribution in [2.75, 3.05) is 5.32 Å². The Kier molecular flexibility index (Phi) is 5.28. The van der Waals surface area contributed by atoms with E-state index in [-0.39, 0.29) is 18.1 Å². The lowest BCUT2D eigenvalue weighted by atomic mass is 9.97. The second-order valence-electron chi connectivity index (χ2n) is 5.34. The van der Waals surface area contributed by atoms with E-state index in [1.807, 2.05) is 0 Å². The summed E-state index contributed by atoms with van der Waals surface area (Å²) in [5.74, 6) is -0.405. The Bertz CT molecular complexity index is 525. The van der Waals surface area contributed by atoms with Gasteiger partial charge in [-0.15, -0.1) is 12.4 Å². The summed E-state index contributed by atoms with van der Waals surface area (Å²) in [5.41, 5.74) is 5.00. The maximum atomic E-state index is 12.7. The van der Waals surface area contributed by atoms with Crippen LogP contribution in [0.25, 0.3) is 0 Å². The molecular formula is C14H18ClF3N2O. The van der Waals surface area contributed by atoms with Gasteiger partial charge in [0.15, 0.2) is 0 Å². The van der Waals surface area contributed by atoms with E-state index >= 15 is 0 Å². The Morgan fingerprint density at radius 2 is 1.86 bits per heavy atom. The normalized spacial score (nSPS) is 17.2. The van der Waals surface area contributed by atoms with Gasteiger partial charge in [-0.2, -0.15) is 13.2 Å². The van der Waals surface area contributed by atoms with E-state index in [0.717, 1.165) is 25.0 Å². The lowest BCUT2D eigenvalue weighted by Crippen LogP contribution is -2.48. The third kappa shape index (κ3) is 3.89. The third-order valence-corrected chi connectivity index (χ3v) is 3.76. The first-order chi connectivity index (χ1) is 9.22. The number of rotatable bonds is 2. The number of anilines is 1. The summed E-state index contributed by atoms with van der Waals surface area (Å²) < 4.78 is 38.0. The molecule has 1 aliphatic rings. The predicted molar refractivity (Wildman–Crippen MR) is 77.4 cm³/mol. The lowest BCUT2D eigenvalue weighted by molar-refractivity contribution is -0.137. The van der Waals surface area contributed by atoms with Crippen LogP contribution in [0.2, 0.25) is 0 Å². The van der Waals surface area contributed by atoms with Gasteiger partial charge in [0.25, 0.3) is 0 Å². The molecular weight excluding hydrogens is 305 g/mol. The highest BCUT2D eigenvalue weighted by Gasteiger charge is 2.37. The maximum Gasteiger partial charge on any atom is 0.416 e. The quantitative estimate of drug-likeness (QED) is 0.873. The number of nitrogens with two attached hydrogens (primary N) is 1. The first-order valence-corrected chi connectivity index (χ1v) is 6.50. The summed E-state index contributed by atoms with van der Waals surface area (Å²) in [4.78, 5) is 12.1. The minimum Gasteiger partial charge on any atom is -0.324 e. The minimum absolute atomic E-state index is 0. The fraction of sp³-hybridized carbons (Fsp3) is 0.500. The van der Waals surface area contributed by atoms with Crippen molar-refractivity contribution < 1.29 is 18.0 Å². The lowest BCUT2D eigenvalue weighted by Gasteiger charge is -2.23. The van der Waals surface area contributed by atoms with Gasteiger partial charge in [-0.3, -0.25) is 4.79 Å². The number of carbonyl (C=O) groups excluding carboxylic acids is 1. The Hall–Kier alpha value is -1.27. The van der Waals surface area contributed by atoms with E-state index < -0.39 is 23.2 Å². The fourth-order valence-corrected chi connectivity index (χ4v) is 2.41. The average Bonchev–Trinajstić information content (AvgIpc) is 2.79. The molecule has 3 nitrogen and oxygen atoms in total. The van der Waals surface area contributed by atoms with E-state index in [4.69, 9.17) is 5.73 Å². The van der Waals surface area contributed by atoms with E-state index in [1.165, 1.54) is 6.07 Å². The van der Waals surface area contributed by atoms with Crippen LogP contribution in [0.15, 0.2) is 18.2 Å². The molecule has 1 fully saturated rings. The molecule has 0 heterocycles. The first-order valence-electron chi connectivity index (χ1n) is 6.50. The highest BCUT2D eigenvalue weighted by molar-refractivity contribution is 5.98. The smallest absolute Gasteiger partial charge is 0.324 e. The molecule has 1 aliphatic carbocycles. The Morgan fingerprint density at radius 1 is 1.29 bits per heavy atom. The van der Waals surface area contributed by atoms with Crippen molar-refractivity contribution in [3.05, 3.63) is 29.3 Å². The van der Waals surface area contributed by atoms with Gasteiger partial charge in [0.05, 0.1) is 11.1 Å². The molecule has 0 aromatic heterocycles. The molecule has 1 aromatic carbocycles. The van der Waals surface area contributed by atoms with E-state index in [0.29, 0.717) is 18.4 Å². The molecule has 3 N–H and O–H groups in total. The molecule has 21 heavy (non-hydrogen) atoms. The van der Waals surface area contributed by atoms with Crippen LogP contribution < -0.4 is 11.1 Å². The number of amides is 1. The van der Waals surface area contributed by atoms with Crippen molar-refractivity contribution in [2.45, 2.75) is 44.3 Å². The van der Waals surface area contributed by atoms with Gasteiger partial charge < -0.3 is 11.1 Å². The van der Waals surface area contributed by atoms with E-state index in [2.05, 4.69) is 5.32 Å². The molecule has 1 saturated carbocycles. The molecule has 118 valence electrons. The van der Waals surface area contributed by atoms with E-state index in [9.17, 15) is 18.0 Å². The number of alkyl halides is 3. The summed E-state index contributed by atoms with van der Waals surface area (Å²) in [7, 11) is 0. The summed E-state index contributed by atoms with van der Waals surface area (Å²) in [6.07, 6.45) is -1.56. The number of nitrogens with one attached hydrogen (secondary N) is 1. The Morgan fingerprint density at radius 3 is 2.38 bits per heavy atom. The second kappa shape index (κ2) is 6.23. The van der Waals surface area contributed by atoms with Crippen molar-refractivity contribution in [1.29, 1.82) is 0 Å². The van der Waals surface area contributed by atoms with Crippen LogP contribution in [0, 0.1) is 6.92 Å². The second-order valence-corrected chi connectivity index (χ2v) is 5.34. The fourth-order valence-electron chi connectivity index (χ4n) is 2.41. The van der Waals surface area contributed by atoms with Gasteiger partial charge in [-0.25, -0.2) is 0 Å². The topological polar surface area (TPSA) is 55.1 Å². The standard InChI is InChI=1S/C14H17F3N2O.ClH/c1-9-4-5-10(14(15,16)17)8-11(9)19-12(20)13(18)6-2-3-7-13;/h4-5,8H,2-3,6-7,18H2,1H3,(H,19,20);1H. The molecule has 0 radical (unpaired) electrons. The number of hydrogen-bond acceptors (Lipinski definition) is 2. The van der Waals surface area contributed by atoms with Crippen molar-refractivity contribution in [1.82, 2.24) is 0 Å². The number of halogens is 4. The van der Waals surface area contributed by atoms with E-state index in [1.54, 1.807) is 6.92 Å². The molecule has 0 aliphatic heterocycles. The summed E-state index contributed by atoms with van der Waals surface area (Å²) >= 11 is 0. The number of hydrogen-bond donors (Lipinski definition) is 2. The predicted octanol–water partition coefficient (Wildman–Crippen LogP) is 3.65. The van der Waals surface area contributed by atoms with Crippen molar-refractivity contribution in [3.63, 3.8) is 0 Å². The monoisotopic (exact) mass is 322 g/mol. The van der Waals surface area contributed by atoms with Crippen LogP contribution in [0.3, 0.4) is 0 Å². The summed E-state index contributed by atoms with van der Waals surface area (Å²) in [6.45, 7) is 1.65. The van der Waals surface area contributed by atoms with Crippen LogP contribution in [-0.2, 0) is 11.0 Å². The Balaban J connectivity index is 0.00000220. The van der Waals surface area contributed by atoms with Crippen molar-refractivity contribution in [3.8, 4) is 0 Å². The zero-order chi connectivity index (χ0) is 15.0. The molecule has 0 saturated heterocycles. The van der Waals surface area contributed by atoms with Crippen molar-refractivity contribution >= 4 is 24.0 Å². The summed E-state index contributed by atoms with van der Waals surface area (Å²) in [5, 5.41) is 2.54. The van der Waals surface area contributed by atoms with Gasteiger partial charge >= 0.3 is 6.18 Å². The molecule has 0 bridgehead atoms. The SMILES string of the molecule is Cc1ccc(C(F)(F)F)cc1NC(=O)C1(N)CCCC1.Cl. The van der Waals surface area contributed by atoms with Crippen LogP contribution in [-0.4, -0.2) is 11.4 Å². The van der Waals surface area contributed by atoms with Crippen LogP contribution >= 0.6 is 12.4 Å². The highest BCUT2D eigenvalue weighted by atomic mass is 35.5. The molecule has 7 heteroatoms. The molecule has 0 spiro atoms. The largest absolute Gasteiger partial charge is 0.416 e. The molecule has 1 aromatic rings. The first kappa shape index (κ1) is 17.8. The van der Waals surface area contributed by atoms with Crippen molar-refractivity contribution in [2.24, 2.45) is 5.73 Å². The zero-order valence-corrected chi connectivity index (χ0v) is 12.4. The van der Waals surface area contributed by atoms with Crippen LogP contribution in [0.4, 0.5) is 18.9 Å². The number of carbonyl (C=O) groups is 1. The highest BCUT2D eigenvalue weighted by Crippen LogP contribution is 2.33. The zero-order valence-electron chi connectivity index (χ0n) is 11.6. The van der Waals surface area contributed by atoms with Gasteiger partial charge in [0.1, 0.15) is 0 Å². The van der Waals surface area contributed by atoms with Gasteiger partial charge in [-0.05, 0) is 37.5 Å². The molecule has 1 amide bonds.